The van der Waals surface area contributed by atoms with Gasteiger partial charge in [0.15, 0.2) is 0 Å². The van der Waals surface area contributed by atoms with Crippen LogP contribution in [-0.4, -0.2) is 44.6 Å². The van der Waals surface area contributed by atoms with Crippen molar-refractivity contribution in [2.45, 2.75) is 43.9 Å². The number of piperidine rings is 1. The Hall–Kier alpha value is -1.55. The van der Waals surface area contributed by atoms with Crippen LogP contribution >= 0.6 is 0 Å². The second-order valence-corrected chi connectivity index (χ2v) is 7.31. The first-order valence-electron chi connectivity index (χ1n) is 9.28. The second kappa shape index (κ2) is 7.56. The first-order chi connectivity index (χ1) is 11.7. The summed E-state index contributed by atoms with van der Waals surface area (Å²) in [4.78, 5) is 15.6. The molecule has 2 aliphatic rings. The van der Waals surface area contributed by atoms with Gasteiger partial charge in [0.2, 0.25) is 5.91 Å². The normalized spacial score (nSPS) is 21.0. The highest BCUT2D eigenvalue weighted by atomic mass is 16.5. The van der Waals surface area contributed by atoms with Gasteiger partial charge in [-0.05, 0) is 62.9 Å². The van der Waals surface area contributed by atoms with Crippen LogP contribution in [0.5, 0.6) is 5.75 Å². The lowest BCUT2D eigenvalue weighted by Gasteiger charge is -2.39. The molecule has 24 heavy (non-hydrogen) atoms. The number of hydrogen-bond acceptors (Lipinski definition) is 3. The van der Waals surface area contributed by atoms with Crippen LogP contribution < -0.4 is 10.1 Å². The second-order valence-electron chi connectivity index (χ2n) is 7.31. The molecule has 0 bridgehead atoms. The Kier molecular flexibility index (Phi) is 5.44. The van der Waals surface area contributed by atoms with Crippen molar-refractivity contribution >= 4 is 5.91 Å². The zero-order chi connectivity index (χ0) is 17.0. The Morgan fingerprint density at radius 3 is 2.62 bits per heavy atom. The van der Waals surface area contributed by atoms with E-state index in [0.717, 1.165) is 69.5 Å². The molecule has 1 aromatic rings. The van der Waals surface area contributed by atoms with Gasteiger partial charge in [-0.15, -0.1) is 0 Å². The molecule has 1 amide bonds. The number of nitrogens with one attached hydrogen (secondary N) is 1. The highest BCUT2D eigenvalue weighted by Gasteiger charge is 2.45. The van der Waals surface area contributed by atoms with Crippen molar-refractivity contribution in [2.24, 2.45) is 5.92 Å². The van der Waals surface area contributed by atoms with Crippen molar-refractivity contribution < 1.29 is 9.53 Å². The van der Waals surface area contributed by atoms with Gasteiger partial charge in [0.25, 0.3) is 0 Å². The maximum Gasteiger partial charge on any atom is 0.233 e. The summed E-state index contributed by atoms with van der Waals surface area (Å²) in [6.07, 6.45) is 6.44. The molecule has 4 nitrogen and oxygen atoms in total. The van der Waals surface area contributed by atoms with Gasteiger partial charge in [-0.2, -0.15) is 0 Å². The minimum absolute atomic E-state index is 0.329. The van der Waals surface area contributed by atoms with Crippen molar-refractivity contribution in [3.63, 3.8) is 0 Å². The molecule has 0 radical (unpaired) electrons. The molecule has 1 N–H and O–H groups in total. The van der Waals surface area contributed by atoms with Gasteiger partial charge >= 0.3 is 0 Å². The molecule has 1 heterocycles. The Balaban J connectivity index is 1.79. The molecule has 1 saturated heterocycles. The quantitative estimate of drug-likeness (QED) is 0.902. The number of carbonyl (C=O) groups is 1. The lowest BCUT2D eigenvalue weighted by molar-refractivity contribution is -0.138. The van der Waals surface area contributed by atoms with Crippen molar-refractivity contribution in [3.8, 4) is 5.75 Å². The van der Waals surface area contributed by atoms with Gasteiger partial charge in [0, 0.05) is 13.1 Å². The minimum Gasteiger partial charge on any atom is -0.497 e. The van der Waals surface area contributed by atoms with E-state index in [9.17, 15) is 4.79 Å². The number of carbonyl (C=O) groups excluding carboxylic acids is 1. The predicted octanol–water partition coefficient (Wildman–Crippen LogP) is 2.97. The van der Waals surface area contributed by atoms with E-state index in [1.807, 2.05) is 19.2 Å². The molecule has 132 valence electrons. The summed E-state index contributed by atoms with van der Waals surface area (Å²) < 4.78 is 5.39. The number of likely N-dealkylation sites (tertiary alicyclic amines) is 1. The summed E-state index contributed by atoms with van der Waals surface area (Å²) in [6.45, 7) is 2.86. The number of ether oxygens (including phenoxy) is 1. The highest BCUT2D eigenvalue weighted by Crippen LogP contribution is 2.44. The van der Waals surface area contributed by atoms with E-state index in [4.69, 9.17) is 4.74 Å². The molecule has 2 fully saturated rings. The monoisotopic (exact) mass is 330 g/mol. The summed E-state index contributed by atoms with van der Waals surface area (Å²) in [6, 6.07) is 8.15. The smallest absolute Gasteiger partial charge is 0.233 e. The third kappa shape index (κ3) is 3.30. The molecule has 4 heteroatoms. The van der Waals surface area contributed by atoms with Gasteiger partial charge in [-0.1, -0.05) is 25.0 Å². The number of amides is 1. The lowest BCUT2D eigenvalue weighted by Crippen LogP contribution is -2.49. The topological polar surface area (TPSA) is 41.6 Å². The van der Waals surface area contributed by atoms with E-state index in [0.29, 0.717) is 11.8 Å². The molecule has 0 spiro atoms. The standard InChI is InChI=1S/C20H30N2O2/c1-21-15-16-8-12-22(13-9-16)19(23)20(10-3-4-11-20)17-6-5-7-18(14-17)24-2/h5-7,14,16,21H,3-4,8-13,15H2,1-2H3. The van der Waals surface area contributed by atoms with E-state index in [2.05, 4.69) is 22.3 Å². The number of hydrogen-bond donors (Lipinski definition) is 1. The maximum absolute atomic E-state index is 13.5. The van der Waals surface area contributed by atoms with Crippen LogP contribution in [0.25, 0.3) is 0 Å². The average Bonchev–Trinajstić information content (AvgIpc) is 3.13. The summed E-state index contributed by atoms with van der Waals surface area (Å²) in [5.41, 5.74) is 0.811. The third-order valence-corrected chi connectivity index (χ3v) is 5.88. The SMILES string of the molecule is CNCC1CCN(C(=O)C2(c3cccc(OC)c3)CCCC2)CC1. The van der Waals surface area contributed by atoms with Gasteiger partial charge in [-0.25, -0.2) is 0 Å². The molecule has 0 atom stereocenters. The van der Waals surface area contributed by atoms with Crippen LogP contribution in [0.2, 0.25) is 0 Å². The van der Waals surface area contributed by atoms with E-state index < -0.39 is 0 Å². The molecule has 1 aliphatic heterocycles. The molecule has 3 rings (SSSR count). The fourth-order valence-corrected chi connectivity index (χ4v) is 4.46. The van der Waals surface area contributed by atoms with Gasteiger partial charge in [0.05, 0.1) is 12.5 Å². The molecule has 0 unspecified atom stereocenters. The zero-order valence-electron chi connectivity index (χ0n) is 15.0. The Bertz CT molecular complexity index is 559. The molecular formula is C20H30N2O2. The predicted molar refractivity (Wildman–Crippen MR) is 96.4 cm³/mol. The first-order valence-corrected chi connectivity index (χ1v) is 9.28. The minimum atomic E-state index is -0.329. The Morgan fingerprint density at radius 2 is 2.00 bits per heavy atom. The number of rotatable bonds is 5. The van der Waals surface area contributed by atoms with E-state index >= 15 is 0 Å². The fourth-order valence-electron chi connectivity index (χ4n) is 4.46. The summed E-state index contributed by atoms with van der Waals surface area (Å²) >= 11 is 0. The van der Waals surface area contributed by atoms with Crippen LogP contribution in [0.4, 0.5) is 0 Å². The average molecular weight is 330 g/mol. The number of benzene rings is 1. The van der Waals surface area contributed by atoms with E-state index in [1.165, 1.54) is 0 Å². The van der Waals surface area contributed by atoms with Crippen LogP contribution in [0.1, 0.15) is 44.1 Å². The summed E-state index contributed by atoms with van der Waals surface area (Å²) in [5.74, 6) is 1.89. The van der Waals surface area contributed by atoms with Crippen LogP contribution in [-0.2, 0) is 10.2 Å². The Morgan fingerprint density at radius 1 is 1.29 bits per heavy atom. The van der Waals surface area contributed by atoms with Gasteiger partial charge in [-0.3, -0.25) is 4.79 Å². The van der Waals surface area contributed by atoms with E-state index in [1.54, 1.807) is 7.11 Å². The highest BCUT2D eigenvalue weighted by molar-refractivity contribution is 5.89. The summed E-state index contributed by atoms with van der Waals surface area (Å²) in [5, 5.41) is 3.27. The van der Waals surface area contributed by atoms with Crippen molar-refractivity contribution in [3.05, 3.63) is 29.8 Å². The zero-order valence-corrected chi connectivity index (χ0v) is 15.0. The largest absolute Gasteiger partial charge is 0.497 e. The van der Waals surface area contributed by atoms with Crippen LogP contribution in [0.15, 0.2) is 24.3 Å². The first kappa shape index (κ1) is 17.3. The third-order valence-electron chi connectivity index (χ3n) is 5.88. The van der Waals surface area contributed by atoms with Crippen molar-refractivity contribution in [2.75, 3.05) is 33.8 Å². The molecular weight excluding hydrogens is 300 g/mol. The van der Waals surface area contributed by atoms with Crippen LogP contribution in [0.3, 0.4) is 0 Å². The molecule has 0 aromatic heterocycles. The summed E-state index contributed by atoms with van der Waals surface area (Å²) in [7, 11) is 3.70. The Labute approximate surface area is 145 Å². The molecule has 1 aromatic carbocycles. The molecule has 1 saturated carbocycles. The van der Waals surface area contributed by atoms with Crippen molar-refractivity contribution in [1.82, 2.24) is 10.2 Å². The van der Waals surface area contributed by atoms with Crippen LogP contribution in [0, 0.1) is 5.92 Å². The van der Waals surface area contributed by atoms with E-state index in [-0.39, 0.29) is 5.41 Å². The maximum atomic E-state index is 13.5. The van der Waals surface area contributed by atoms with Gasteiger partial charge in [0.1, 0.15) is 5.75 Å². The molecule has 1 aliphatic carbocycles. The fraction of sp³-hybridized carbons (Fsp3) is 0.650. The number of nitrogens with zero attached hydrogens (tertiary/aromatic N) is 1. The number of methoxy groups -OCH3 is 1. The van der Waals surface area contributed by atoms with Gasteiger partial charge < -0.3 is 15.0 Å². The van der Waals surface area contributed by atoms with Crippen molar-refractivity contribution in [1.29, 1.82) is 0 Å². The lowest BCUT2D eigenvalue weighted by atomic mass is 9.77.